The molecule has 118 valence electrons. The molecule has 0 N–H and O–H groups in total. The van der Waals surface area contributed by atoms with Crippen molar-refractivity contribution < 1.29 is 19.2 Å². The first kappa shape index (κ1) is 16.0. The van der Waals surface area contributed by atoms with Crippen molar-refractivity contribution in [3.63, 3.8) is 0 Å². The van der Waals surface area contributed by atoms with E-state index in [2.05, 4.69) is 10.2 Å². The van der Waals surface area contributed by atoms with Crippen molar-refractivity contribution in [3.05, 3.63) is 0 Å². The van der Waals surface area contributed by atoms with Gasteiger partial charge >= 0.3 is 0 Å². The van der Waals surface area contributed by atoms with Crippen LogP contribution in [-0.2, 0) is 19.2 Å². The lowest BCUT2D eigenvalue weighted by atomic mass is 9.71. The highest BCUT2D eigenvalue weighted by atomic mass is 16.2. The Morgan fingerprint density at radius 1 is 0.818 bits per heavy atom. The molecule has 0 radical (unpaired) electrons. The van der Waals surface area contributed by atoms with E-state index in [-0.39, 0.29) is 11.4 Å². The van der Waals surface area contributed by atoms with Gasteiger partial charge in [-0.15, -0.1) is 0 Å². The zero-order chi connectivity index (χ0) is 17.0. The van der Waals surface area contributed by atoms with Crippen molar-refractivity contribution in [1.29, 1.82) is 0 Å². The fraction of sp³-hybridized carbons (Fsp3) is 0.571. The molecule has 2 unspecified atom stereocenters. The molecule has 2 rings (SSSR count). The van der Waals surface area contributed by atoms with E-state index in [1.165, 1.54) is 41.8 Å². The smallest absolute Gasteiger partial charge is 0.262 e. The van der Waals surface area contributed by atoms with Gasteiger partial charge in [-0.25, -0.2) is 10.0 Å². The van der Waals surface area contributed by atoms with E-state index in [1.54, 1.807) is 0 Å². The van der Waals surface area contributed by atoms with Crippen molar-refractivity contribution in [1.82, 2.24) is 10.0 Å². The fourth-order valence-corrected chi connectivity index (χ4v) is 2.67. The van der Waals surface area contributed by atoms with E-state index in [0.29, 0.717) is 0 Å². The summed E-state index contributed by atoms with van der Waals surface area (Å²) in [5.74, 6) is -3.05. The van der Waals surface area contributed by atoms with E-state index < -0.39 is 34.2 Å². The summed E-state index contributed by atoms with van der Waals surface area (Å²) in [4.78, 5) is 49.9. The lowest BCUT2D eigenvalue weighted by Gasteiger charge is -2.26. The maximum atomic E-state index is 12.7. The number of Topliss-reactive ketones (excluding diaryl/α,β-unsaturated/α-hetero) is 2. The summed E-state index contributed by atoms with van der Waals surface area (Å²) in [7, 11) is 2.83. The average molecular weight is 306 g/mol. The number of hydrazone groups is 2. The van der Waals surface area contributed by atoms with Gasteiger partial charge in [0.1, 0.15) is 0 Å². The lowest BCUT2D eigenvalue weighted by Crippen LogP contribution is -2.53. The lowest BCUT2D eigenvalue weighted by molar-refractivity contribution is -0.153. The molecule has 8 heteroatoms. The molecule has 2 aliphatic heterocycles. The van der Waals surface area contributed by atoms with Crippen LogP contribution in [0.3, 0.4) is 0 Å². The minimum absolute atomic E-state index is 0.232. The first-order valence-electron chi connectivity index (χ1n) is 6.76. The maximum Gasteiger partial charge on any atom is 0.262 e. The Labute approximate surface area is 127 Å². The molecule has 2 amide bonds. The van der Waals surface area contributed by atoms with E-state index in [4.69, 9.17) is 0 Å². The van der Waals surface area contributed by atoms with Crippen molar-refractivity contribution in [2.45, 2.75) is 27.7 Å². The van der Waals surface area contributed by atoms with Gasteiger partial charge in [-0.3, -0.25) is 19.2 Å². The molecule has 22 heavy (non-hydrogen) atoms. The van der Waals surface area contributed by atoms with Crippen molar-refractivity contribution in [3.8, 4) is 0 Å². The van der Waals surface area contributed by atoms with Crippen molar-refractivity contribution in [2.75, 3.05) is 14.1 Å². The van der Waals surface area contributed by atoms with Gasteiger partial charge in [0.25, 0.3) is 11.8 Å². The van der Waals surface area contributed by atoms with Crippen LogP contribution in [0.25, 0.3) is 0 Å². The molecule has 0 saturated carbocycles. The number of hydrogen-bond donors (Lipinski definition) is 0. The first-order valence-corrected chi connectivity index (χ1v) is 6.76. The van der Waals surface area contributed by atoms with Crippen LogP contribution in [0.4, 0.5) is 0 Å². The standard InChI is InChI=1S/C14H18N4O4/c1-7-13(3,11(21)17(5)15-7)9(19)10(20)14(4)8(2)16-18(6)12(14)22/h1-6H3. The molecule has 2 atom stereocenters. The van der Waals surface area contributed by atoms with Crippen molar-refractivity contribution >= 4 is 34.8 Å². The van der Waals surface area contributed by atoms with Gasteiger partial charge in [0.15, 0.2) is 10.8 Å². The molecule has 2 heterocycles. The summed E-state index contributed by atoms with van der Waals surface area (Å²) in [5, 5.41) is 9.93. The normalized spacial score (nSPS) is 31.5. The van der Waals surface area contributed by atoms with Crippen LogP contribution in [0.15, 0.2) is 10.2 Å². The Morgan fingerprint density at radius 2 is 1.09 bits per heavy atom. The van der Waals surface area contributed by atoms with Crippen LogP contribution in [0, 0.1) is 10.8 Å². The molecular weight excluding hydrogens is 288 g/mol. The zero-order valence-electron chi connectivity index (χ0n) is 13.4. The highest BCUT2D eigenvalue weighted by molar-refractivity contribution is 6.56. The second-order valence-corrected chi connectivity index (χ2v) is 5.94. The van der Waals surface area contributed by atoms with Gasteiger partial charge in [-0.2, -0.15) is 10.2 Å². The Bertz CT molecular complexity index is 622. The Morgan fingerprint density at radius 3 is 1.27 bits per heavy atom. The van der Waals surface area contributed by atoms with E-state index in [0.717, 1.165) is 10.0 Å². The third-order valence-electron chi connectivity index (χ3n) is 4.60. The minimum atomic E-state index is -1.67. The predicted octanol–water partition coefficient (Wildman–Crippen LogP) is -0.167. The van der Waals surface area contributed by atoms with Crippen LogP contribution in [0.1, 0.15) is 27.7 Å². The highest BCUT2D eigenvalue weighted by Gasteiger charge is 2.59. The number of hydrogen-bond acceptors (Lipinski definition) is 6. The summed E-state index contributed by atoms with van der Waals surface area (Å²) in [6.45, 7) is 5.74. The largest absolute Gasteiger partial charge is 0.289 e. The van der Waals surface area contributed by atoms with Gasteiger partial charge < -0.3 is 0 Å². The van der Waals surface area contributed by atoms with E-state index in [1.807, 2.05) is 0 Å². The quantitative estimate of drug-likeness (QED) is 0.534. The highest BCUT2D eigenvalue weighted by Crippen LogP contribution is 2.36. The molecule has 0 saturated heterocycles. The van der Waals surface area contributed by atoms with E-state index in [9.17, 15) is 19.2 Å². The van der Waals surface area contributed by atoms with E-state index >= 15 is 0 Å². The number of carbonyl (C=O) groups excluding carboxylic acids is 4. The van der Waals surface area contributed by atoms with Gasteiger partial charge in [0.05, 0.1) is 11.4 Å². The fourth-order valence-electron chi connectivity index (χ4n) is 2.67. The van der Waals surface area contributed by atoms with Gasteiger partial charge in [-0.1, -0.05) is 0 Å². The Kier molecular flexibility index (Phi) is 3.31. The van der Waals surface area contributed by atoms with Crippen LogP contribution in [0.2, 0.25) is 0 Å². The minimum Gasteiger partial charge on any atom is -0.289 e. The van der Waals surface area contributed by atoms with Gasteiger partial charge in [0.2, 0.25) is 11.6 Å². The van der Waals surface area contributed by atoms with Gasteiger partial charge in [-0.05, 0) is 27.7 Å². The monoisotopic (exact) mass is 306 g/mol. The van der Waals surface area contributed by atoms with Gasteiger partial charge in [0, 0.05) is 14.1 Å². The molecule has 0 bridgehead atoms. The summed E-state index contributed by atoms with van der Waals surface area (Å²) >= 11 is 0. The molecule has 0 aromatic rings. The maximum absolute atomic E-state index is 12.7. The van der Waals surface area contributed by atoms with Crippen LogP contribution < -0.4 is 0 Å². The predicted molar refractivity (Wildman–Crippen MR) is 78.0 cm³/mol. The second-order valence-electron chi connectivity index (χ2n) is 5.94. The average Bonchev–Trinajstić information content (AvgIpc) is 2.79. The summed E-state index contributed by atoms with van der Waals surface area (Å²) in [6, 6.07) is 0. The summed E-state index contributed by atoms with van der Waals surface area (Å²) in [5.41, 5.74) is -2.88. The molecule has 0 spiro atoms. The summed E-state index contributed by atoms with van der Waals surface area (Å²) in [6.07, 6.45) is 0. The number of amides is 2. The molecule has 8 nitrogen and oxygen atoms in total. The SMILES string of the molecule is CC1=NN(C)C(=O)C1(C)C(=O)C(=O)C1(C)C(=O)N(C)N=C1C. The third kappa shape index (κ3) is 1.69. The summed E-state index contributed by atoms with van der Waals surface area (Å²) < 4.78 is 0. The molecular formula is C14H18N4O4. The third-order valence-corrected chi connectivity index (χ3v) is 4.60. The topological polar surface area (TPSA) is 99.5 Å². The number of rotatable bonds is 3. The number of carbonyl (C=O) groups is 4. The molecule has 0 aliphatic carbocycles. The Hall–Kier alpha value is -2.38. The van der Waals surface area contributed by atoms with Crippen LogP contribution in [0.5, 0.6) is 0 Å². The molecule has 0 fully saturated rings. The Balaban J connectivity index is 2.46. The van der Waals surface area contributed by atoms with Crippen molar-refractivity contribution in [2.24, 2.45) is 21.0 Å². The van der Waals surface area contributed by atoms with Crippen LogP contribution in [-0.4, -0.2) is 58.9 Å². The molecule has 2 aliphatic rings. The van der Waals surface area contributed by atoms with Crippen LogP contribution >= 0.6 is 0 Å². The number of nitrogens with zero attached hydrogens (tertiary/aromatic N) is 4. The second kappa shape index (κ2) is 4.56. The number of ketones is 2. The molecule has 0 aromatic carbocycles. The first-order chi connectivity index (χ1) is 9.98. The molecule has 0 aromatic heterocycles. The zero-order valence-corrected chi connectivity index (χ0v) is 13.4.